The van der Waals surface area contributed by atoms with E-state index in [9.17, 15) is 9.90 Å². The summed E-state index contributed by atoms with van der Waals surface area (Å²) in [5, 5.41) is 15.8. The number of phenolic OH excluding ortho intramolecular Hbond substituents is 1. The monoisotopic (exact) mass is 250 g/mol. The fourth-order valence-electron chi connectivity index (χ4n) is 2.06. The number of nitrogens with one attached hydrogen (secondary N) is 2. The molecule has 3 N–H and O–H groups in total. The molecule has 1 atom stereocenters. The van der Waals surface area contributed by atoms with Gasteiger partial charge in [0.15, 0.2) is 0 Å². The largest absolute Gasteiger partial charge is 0.507 e. The van der Waals surface area contributed by atoms with Crippen LogP contribution in [0, 0.1) is 0 Å². The maximum absolute atomic E-state index is 12.0. The average Bonchev–Trinajstić information content (AvgIpc) is 2.40. The number of ether oxygens (including phenoxy) is 1. The number of hydrogen-bond acceptors (Lipinski definition) is 4. The first-order chi connectivity index (χ1) is 8.70. The second kappa shape index (κ2) is 5.73. The fourth-order valence-corrected chi connectivity index (χ4v) is 2.06. The van der Waals surface area contributed by atoms with Gasteiger partial charge in [0.05, 0.1) is 12.7 Å². The molecule has 0 aliphatic carbocycles. The van der Waals surface area contributed by atoms with E-state index < -0.39 is 0 Å². The van der Waals surface area contributed by atoms with Gasteiger partial charge in [-0.25, -0.2) is 0 Å². The van der Waals surface area contributed by atoms with Crippen molar-refractivity contribution >= 4 is 5.91 Å². The molecule has 0 saturated carbocycles. The summed E-state index contributed by atoms with van der Waals surface area (Å²) in [5.74, 6) is 0.261. The zero-order valence-electron chi connectivity index (χ0n) is 10.4. The van der Waals surface area contributed by atoms with E-state index in [1.807, 2.05) is 0 Å². The lowest BCUT2D eigenvalue weighted by molar-refractivity contribution is 0.0927. The van der Waals surface area contributed by atoms with Gasteiger partial charge in [-0.1, -0.05) is 0 Å². The van der Waals surface area contributed by atoms with E-state index >= 15 is 0 Å². The van der Waals surface area contributed by atoms with E-state index in [-0.39, 0.29) is 23.3 Å². The highest BCUT2D eigenvalue weighted by Crippen LogP contribution is 2.22. The number of piperidine rings is 1. The molecular formula is C13H18N2O3. The van der Waals surface area contributed by atoms with E-state index in [1.54, 1.807) is 12.1 Å². The molecule has 1 aromatic carbocycles. The Labute approximate surface area is 106 Å². The van der Waals surface area contributed by atoms with Crippen molar-refractivity contribution in [1.29, 1.82) is 0 Å². The molecule has 0 radical (unpaired) electrons. The van der Waals surface area contributed by atoms with Gasteiger partial charge in [0.2, 0.25) is 0 Å². The van der Waals surface area contributed by atoms with Crippen LogP contribution in [0.5, 0.6) is 11.5 Å². The number of hydrogen-bond donors (Lipinski definition) is 3. The summed E-state index contributed by atoms with van der Waals surface area (Å²) in [5.41, 5.74) is 0.250. The van der Waals surface area contributed by atoms with Crippen LogP contribution in [0.4, 0.5) is 0 Å². The number of carbonyl (C=O) groups is 1. The van der Waals surface area contributed by atoms with Crippen LogP contribution in [-0.2, 0) is 0 Å². The van der Waals surface area contributed by atoms with Crippen molar-refractivity contribution in [3.8, 4) is 11.5 Å². The molecule has 2 rings (SSSR count). The molecule has 18 heavy (non-hydrogen) atoms. The summed E-state index contributed by atoms with van der Waals surface area (Å²) in [6.45, 7) is 1.77. The Morgan fingerprint density at radius 1 is 1.56 bits per heavy atom. The zero-order chi connectivity index (χ0) is 13.0. The van der Waals surface area contributed by atoms with Gasteiger partial charge in [0, 0.05) is 12.6 Å². The van der Waals surface area contributed by atoms with Gasteiger partial charge in [-0.05, 0) is 37.6 Å². The summed E-state index contributed by atoms with van der Waals surface area (Å²) in [6, 6.07) is 4.75. The van der Waals surface area contributed by atoms with E-state index in [0.29, 0.717) is 5.75 Å². The summed E-state index contributed by atoms with van der Waals surface area (Å²) >= 11 is 0. The van der Waals surface area contributed by atoms with Crippen LogP contribution in [0.1, 0.15) is 23.2 Å². The highest BCUT2D eigenvalue weighted by Gasteiger charge is 2.18. The number of aromatic hydroxyl groups is 1. The lowest BCUT2D eigenvalue weighted by atomic mass is 10.1. The number of phenols is 1. The maximum Gasteiger partial charge on any atom is 0.255 e. The van der Waals surface area contributed by atoms with Gasteiger partial charge in [-0.3, -0.25) is 4.79 Å². The van der Waals surface area contributed by atoms with Gasteiger partial charge in [0.1, 0.15) is 11.5 Å². The van der Waals surface area contributed by atoms with Crippen LogP contribution in [0.25, 0.3) is 0 Å². The topological polar surface area (TPSA) is 70.6 Å². The maximum atomic E-state index is 12.0. The SMILES string of the molecule is COc1ccc(O)c(C(=O)NC2CCCNC2)c1. The van der Waals surface area contributed by atoms with E-state index in [0.717, 1.165) is 25.9 Å². The molecule has 5 nitrogen and oxygen atoms in total. The highest BCUT2D eigenvalue weighted by atomic mass is 16.5. The summed E-state index contributed by atoms with van der Waals surface area (Å²) < 4.78 is 5.05. The quantitative estimate of drug-likeness (QED) is 0.745. The molecule has 1 heterocycles. The number of amides is 1. The van der Waals surface area contributed by atoms with Gasteiger partial charge in [0.25, 0.3) is 5.91 Å². The number of carbonyl (C=O) groups excluding carboxylic acids is 1. The molecular weight excluding hydrogens is 232 g/mol. The minimum absolute atomic E-state index is 0.0305. The smallest absolute Gasteiger partial charge is 0.255 e. The van der Waals surface area contributed by atoms with Crippen molar-refractivity contribution in [3.05, 3.63) is 23.8 Å². The molecule has 0 aromatic heterocycles. The summed E-state index contributed by atoms with van der Waals surface area (Å²) in [7, 11) is 1.53. The number of rotatable bonds is 3. The lowest BCUT2D eigenvalue weighted by Gasteiger charge is -2.24. The van der Waals surface area contributed by atoms with E-state index in [2.05, 4.69) is 10.6 Å². The first-order valence-corrected chi connectivity index (χ1v) is 6.09. The number of methoxy groups -OCH3 is 1. The third-order valence-corrected chi connectivity index (χ3v) is 3.08. The molecule has 1 fully saturated rings. The van der Waals surface area contributed by atoms with Crippen molar-refractivity contribution in [2.45, 2.75) is 18.9 Å². The van der Waals surface area contributed by atoms with Crippen molar-refractivity contribution in [3.63, 3.8) is 0 Å². The van der Waals surface area contributed by atoms with Crippen LogP contribution < -0.4 is 15.4 Å². The third kappa shape index (κ3) is 2.92. The van der Waals surface area contributed by atoms with Gasteiger partial charge < -0.3 is 20.5 Å². The molecule has 1 saturated heterocycles. The Balaban J connectivity index is 2.07. The van der Waals surface area contributed by atoms with Crippen molar-refractivity contribution in [2.24, 2.45) is 0 Å². The molecule has 1 aliphatic rings. The highest BCUT2D eigenvalue weighted by molar-refractivity contribution is 5.97. The van der Waals surface area contributed by atoms with E-state index in [4.69, 9.17) is 4.74 Å². The van der Waals surface area contributed by atoms with Crippen LogP contribution in [0.3, 0.4) is 0 Å². The van der Waals surface area contributed by atoms with Crippen molar-refractivity contribution < 1.29 is 14.6 Å². The zero-order valence-corrected chi connectivity index (χ0v) is 10.4. The van der Waals surface area contributed by atoms with Crippen LogP contribution in [0.2, 0.25) is 0 Å². The van der Waals surface area contributed by atoms with E-state index in [1.165, 1.54) is 13.2 Å². The second-order valence-electron chi connectivity index (χ2n) is 4.40. The van der Waals surface area contributed by atoms with Crippen LogP contribution >= 0.6 is 0 Å². The molecule has 1 aliphatic heterocycles. The Bertz CT molecular complexity index is 428. The fraction of sp³-hybridized carbons (Fsp3) is 0.462. The molecule has 1 unspecified atom stereocenters. The second-order valence-corrected chi connectivity index (χ2v) is 4.40. The molecule has 5 heteroatoms. The normalized spacial score (nSPS) is 19.3. The minimum Gasteiger partial charge on any atom is -0.507 e. The standard InChI is InChI=1S/C13H18N2O3/c1-18-10-4-5-12(16)11(7-10)13(17)15-9-3-2-6-14-8-9/h4-5,7,9,14,16H,2-3,6,8H2,1H3,(H,15,17). The Hall–Kier alpha value is -1.75. The first-order valence-electron chi connectivity index (χ1n) is 6.09. The molecule has 98 valence electrons. The minimum atomic E-state index is -0.264. The number of benzene rings is 1. The average molecular weight is 250 g/mol. The molecule has 0 spiro atoms. The van der Waals surface area contributed by atoms with Gasteiger partial charge in [-0.15, -0.1) is 0 Å². The summed E-state index contributed by atoms with van der Waals surface area (Å²) in [4.78, 5) is 12.0. The van der Waals surface area contributed by atoms with Gasteiger partial charge in [-0.2, -0.15) is 0 Å². The molecule has 1 aromatic rings. The third-order valence-electron chi connectivity index (χ3n) is 3.08. The molecule has 0 bridgehead atoms. The van der Waals surface area contributed by atoms with Crippen molar-refractivity contribution in [1.82, 2.24) is 10.6 Å². The van der Waals surface area contributed by atoms with Crippen LogP contribution in [0.15, 0.2) is 18.2 Å². The van der Waals surface area contributed by atoms with Gasteiger partial charge >= 0.3 is 0 Å². The Kier molecular flexibility index (Phi) is 4.04. The van der Waals surface area contributed by atoms with Crippen molar-refractivity contribution in [2.75, 3.05) is 20.2 Å². The Morgan fingerprint density at radius 3 is 3.06 bits per heavy atom. The predicted octanol–water partition coefficient (Wildman–Crippen LogP) is 0.883. The first kappa shape index (κ1) is 12.7. The van der Waals surface area contributed by atoms with Crippen LogP contribution in [-0.4, -0.2) is 37.3 Å². The molecule has 1 amide bonds. The Morgan fingerprint density at radius 2 is 2.39 bits per heavy atom. The lowest BCUT2D eigenvalue weighted by Crippen LogP contribution is -2.45. The predicted molar refractivity (Wildman–Crippen MR) is 68.0 cm³/mol. The summed E-state index contributed by atoms with van der Waals surface area (Å²) in [6.07, 6.45) is 2.01.